The molecule has 20 heavy (non-hydrogen) atoms. The summed E-state index contributed by atoms with van der Waals surface area (Å²) in [6.07, 6.45) is 5.98. The van der Waals surface area contributed by atoms with Gasteiger partial charge in [0.25, 0.3) is 5.91 Å². The predicted molar refractivity (Wildman–Crippen MR) is 84.4 cm³/mol. The fourth-order valence-electron chi connectivity index (χ4n) is 2.57. The lowest BCUT2D eigenvalue weighted by Crippen LogP contribution is -2.11. The Morgan fingerprint density at radius 2 is 1.95 bits per heavy atom. The Bertz CT molecular complexity index is 610. The lowest BCUT2D eigenvalue weighted by Gasteiger charge is -2.06. The second kappa shape index (κ2) is 5.67. The highest BCUT2D eigenvalue weighted by atomic mass is 32.1. The number of amides is 1. The summed E-state index contributed by atoms with van der Waals surface area (Å²) in [5.41, 5.74) is 8.49. The van der Waals surface area contributed by atoms with Gasteiger partial charge in [0.15, 0.2) is 0 Å². The highest BCUT2D eigenvalue weighted by Gasteiger charge is 2.16. The van der Waals surface area contributed by atoms with Crippen molar-refractivity contribution in [3.8, 4) is 0 Å². The van der Waals surface area contributed by atoms with Crippen LogP contribution in [0.2, 0.25) is 0 Å². The van der Waals surface area contributed by atoms with Gasteiger partial charge in [-0.2, -0.15) is 0 Å². The van der Waals surface area contributed by atoms with Crippen molar-refractivity contribution in [1.82, 2.24) is 0 Å². The molecule has 0 fully saturated rings. The summed E-state index contributed by atoms with van der Waals surface area (Å²) in [5.74, 6) is -0.0547. The van der Waals surface area contributed by atoms with E-state index in [4.69, 9.17) is 5.73 Å². The van der Waals surface area contributed by atoms with Crippen LogP contribution in [0.4, 0.5) is 11.4 Å². The van der Waals surface area contributed by atoms with Gasteiger partial charge in [-0.1, -0.05) is 18.6 Å². The van der Waals surface area contributed by atoms with Crippen LogP contribution in [-0.2, 0) is 12.8 Å². The van der Waals surface area contributed by atoms with E-state index in [-0.39, 0.29) is 5.91 Å². The van der Waals surface area contributed by atoms with Gasteiger partial charge in [0, 0.05) is 4.88 Å². The van der Waals surface area contributed by atoms with Crippen LogP contribution in [0.3, 0.4) is 0 Å². The summed E-state index contributed by atoms with van der Waals surface area (Å²) in [7, 11) is 0. The molecule has 0 saturated heterocycles. The van der Waals surface area contributed by atoms with Crippen LogP contribution in [0.1, 0.15) is 39.4 Å². The molecule has 1 amide bonds. The summed E-state index contributed by atoms with van der Waals surface area (Å²) < 4.78 is 0. The Kier molecular flexibility index (Phi) is 3.74. The molecule has 0 saturated carbocycles. The zero-order valence-corrected chi connectivity index (χ0v) is 12.1. The quantitative estimate of drug-likeness (QED) is 0.651. The highest BCUT2D eigenvalue weighted by Crippen LogP contribution is 2.29. The van der Waals surface area contributed by atoms with Gasteiger partial charge in [0.2, 0.25) is 0 Å². The molecule has 1 aliphatic rings. The molecule has 1 aromatic heterocycles. The van der Waals surface area contributed by atoms with Crippen molar-refractivity contribution in [3.05, 3.63) is 45.6 Å². The number of hydrogen-bond donors (Lipinski definition) is 2. The maximum absolute atomic E-state index is 12.3. The Labute approximate surface area is 122 Å². The van der Waals surface area contributed by atoms with E-state index < -0.39 is 0 Å². The minimum atomic E-state index is -0.0547. The first-order valence-corrected chi connectivity index (χ1v) is 7.83. The minimum Gasteiger partial charge on any atom is -0.397 e. The minimum absolute atomic E-state index is 0.0547. The van der Waals surface area contributed by atoms with Crippen LogP contribution >= 0.6 is 11.3 Å². The van der Waals surface area contributed by atoms with Gasteiger partial charge in [0.1, 0.15) is 0 Å². The van der Waals surface area contributed by atoms with Gasteiger partial charge < -0.3 is 11.1 Å². The molecule has 1 aromatic carbocycles. The van der Waals surface area contributed by atoms with Gasteiger partial charge in [-0.05, 0) is 49.4 Å². The molecule has 4 heteroatoms. The molecule has 1 heterocycles. The number of rotatable bonds is 2. The highest BCUT2D eigenvalue weighted by molar-refractivity contribution is 7.14. The molecule has 104 valence electrons. The van der Waals surface area contributed by atoms with E-state index in [9.17, 15) is 4.79 Å². The van der Waals surface area contributed by atoms with Gasteiger partial charge >= 0.3 is 0 Å². The van der Waals surface area contributed by atoms with E-state index in [1.165, 1.54) is 29.7 Å². The SMILES string of the molecule is Nc1ccccc1NC(=O)c1cc2c(s1)CCCCC2. The van der Waals surface area contributed by atoms with E-state index in [2.05, 4.69) is 11.4 Å². The molecule has 3 N–H and O–H groups in total. The van der Waals surface area contributed by atoms with Gasteiger partial charge in [-0.15, -0.1) is 11.3 Å². The fourth-order valence-corrected chi connectivity index (χ4v) is 3.72. The number of nitrogens with one attached hydrogen (secondary N) is 1. The van der Waals surface area contributed by atoms with Crippen molar-refractivity contribution in [2.45, 2.75) is 32.1 Å². The molecule has 0 atom stereocenters. The van der Waals surface area contributed by atoms with Crippen LogP contribution in [0, 0.1) is 0 Å². The third kappa shape index (κ3) is 2.70. The summed E-state index contributed by atoms with van der Waals surface area (Å²) in [6, 6.07) is 9.40. The van der Waals surface area contributed by atoms with E-state index >= 15 is 0 Å². The third-order valence-corrected chi connectivity index (χ3v) is 4.92. The molecular formula is C16H18N2OS. The van der Waals surface area contributed by atoms with Crippen molar-refractivity contribution < 1.29 is 4.79 Å². The average Bonchev–Trinajstić information content (AvgIpc) is 2.73. The van der Waals surface area contributed by atoms with Gasteiger partial charge in [-0.25, -0.2) is 0 Å². The Balaban J connectivity index is 1.79. The number of carbonyl (C=O) groups excluding carboxylic acids is 1. The maximum Gasteiger partial charge on any atom is 0.265 e. The van der Waals surface area contributed by atoms with Crippen LogP contribution in [0.5, 0.6) is 0 Å². The smallest absolute Gasteiger partial charge is 0.265 e. The summed E-state index contributed by atoms with van der Waals surface area (Å²) in [5, 5.41) is 2.90. The molecule has 0 spiro atoms. The molecule has 0 aliphatic heterocycles. The Hall–Kier alpha value is -1.81. The standard InChI is InChI=1S/C16H18N2OS/c17-12-7-4-5-8-13(12)18-16(19)15-10-11-6-2-1-3-9-14(11)20-15/h4-5,7-8,10H,1-3,6,9,17H2,(H,18,19). The number of thiophene rings is 1. The molecule has 3 nitrogen and oxygen atoms in total. The van der Waals surface area contributed by atoms with E-state index in [1.54, 1.807) is 17.4 Å². The van der Waals surface area contributed by atoms with Crippen molar-refractivity contribution in [2.24, 2.45) is 0 Å². The van der Waals surface area contributed by atoms with Gasteiger partial charge in [-0.3, -0.25) is 4.79 Å². The number of anilines is 2. The molecule has 3 rings (SSSR count). The predicted octanol–water partition coefficient (Wildman–Crippen LogP) is 3.85. The first-order valence-electron chi connectivity index (χ1n) is 7.01. The lowest BCUT2D eigenvalue weighted by molar-refractivity contribution is 0.103. The van der Waals surface area contributed by atoms with E-state index in [0.717, 1.165) is 17.7 Å². The number of nitrogens with two attached hydrogens (primary N) is 1. The topological polar surface area (TPSA) is 55.1 Å². The molecule has 0 unspecified atom stereocenters. The first kappa shape index (κ1) is 13.2. The molecule has 0 radical (unpaired) electrons. The Morgan fingerprint density at radius 1 is 1.15 bits per heavy atom. The fraction of sp³-hybridized carbons (Fsp3) is 0.312. The van der Waals surface area contributed by atoms with Crippen molar-refractivity contribution in [1.29, 1.82) is 0 Å². The van der Waals surface area contributed by atoms with Crippen molar-refractivity contribution in [2.75, 3.05) is 11.1 Å². The molecule has 0 bridgehead atoms. The number of carbonyl (C=O) groups is 1. The van der Waals surface area contributed by atoms with Crippen LogP contribution in [0.15, 0.2) is 30.3 Å². The average molecular weight is 286 g/mol. The molecule has 1 aliphatic carbocycles. The molecular weight excluding hydrogens is 268 g/mol. The Morgan fingerprint density at radius 3 is 2.80 bits per heavy atom. The number of benzene rings is 1. The second-order valence-electron chi connectivity index (χ2n) is 5.16. The summed E-state index contributed by atoms with van der Waals surface area (Å²) >= 11 is 1.63. The van der Waals surface area contributed by atoms with E-state index in [1.807, 2.05) is 18.2 Å². The van der Waals surface area contributed by atoms with E-state index in [0.29, 0.717) is 11.4 Å². The maximum atomic E-state index is 12.3. The number of para-hydroxylation sites is 2. The van der Waals surface area contributed by atoms with Crippen LogP contribution < -0.4 is 11.1 Å². The number of nitrogen functional groups attached to an aromatic ring is 1. The molecule has 2 aromatic rings. The number of hydrogen-bond acceptors (Lipinski definition) is 3. The zero-order valence-electron chi connectivity index (χ0n) is 11.3. The largest absolute Gasteiger partial charge is 0.397 e. The lowest BCUT2D eigenvalue weighted by atomic mass is 10.1. The summed E-state index contributed by atoms with van der Waals surface area (Å²) in [4.78, 5) is 14.5. The van der Waals surface area contributed by atoms with Gasteiger partial charge in [0.05, 0.1) is 16.3 Å². The van der Waals surface area contributed by atoms with Crippen molar-refractivity contribution >= 4 is 28.6 Å². The normalized spacial score (nSPS) is 14.4. The zero-order chi connectivity index (χ0) is 13.9. The number of aryl methyl sites for hydroxylation is 2. The number of fused-ring (bicyclic) bond motifs is 1. The van der Waals surface area contributed by atoms with Crippen LogP contribution in [-0.4, -0.2) is 5.91 Å². The third-order valence-electron chi connectivity index (χ3n) is 3.68. The summed E-state index contributed by atoms with van der Waals surface area (Å²) in [6.45, 7) is 0. The first-order chi connectivity index (χ1) is 9.74. The second-order valence-corrected chi connectivity index (χ2v) is 6.30. The van der Waals surface area contributed by atoms with Crippen LogP contribution in [0.25, 0.3) is 0 Å². The van der Waals surface area contributed by atoms with Crippen molar-refractivity contribution in [3.63, 3.8) is 0 Å². The monoisotopic (exact) mass is 286 g/mol.